The monoisotopic (exact) mass is 356 g/mol. The van der Waals surface area contributed by atoms with Crippen molar-refractivity contribution in [3.63, 3.8) is 0 Å². The summed E-state index contributed by atoms with van der Waals surface area (Å²) in [4.78, 5) is 19.1. The molecule has 1 atom stereocenters. The number of piperidine rings is 1. The summed E-state index contributed by atoms with van der Waals surface area (Å²) in [6.45, 7) is 10.5. The number of hydrogen-bond acceptors (Lipinski definition) is 5. The molecular formula is C20H28N4O2. The molecule has 0 spiro atoms. The molecular weight excluding hydrogens is 328 g/mol. The number of anilines is 1. The van der Waals surface area contributed by atoms with Gasteiger partial charge in [-0.2, -0.15) is 4.98 Å². The average molecular weight is 356 g/mol. The number of nitrogens with one attached hydrogen (secondary N) is 1. The fourth-order valence-electron chi connectivity index (χ4n) is 3.30. The van der Waals surface area contributed by atoms with Crippen molar-refractivity contribution in [2.75, 3.05) is 18.4 Å². The third kappa shape index (κ3) is 4.23. The summed E-state index contributed by atoms with van der Waals surface area (Å²) in [5, 5.41) is 7.28. The van der Waals surface area contributed by atoms with Crippen molar-refractivity contribution >= 4 is 11.6 Å². The van der Waals surface area contributed by atoms with Crippen LogP contribution in [0, 0.1) is 12.8 Å². The molecule has 0 radical (unpaired) electrons. The van der Waals surface area contributed by atoms with Gasteiger partial charge in [-0.15, -0.1) is 0 Å². The van der Waals surface area contributed by atoms with E-state index in [1.54, 1.807) is 0 Å². The molecule has 140 valence electrons. The molecule has 1 aliphatic heterocycles. The van der Waals surface area contributed by atoms with Gasteiger partial charge in [-0.05, 0) is 49.4 Å². The highest BCUT2D eigenvalue weighted by molar-refractivity contribution is 5.95. The van der Waals surface area contributed by atoms with Crippen molar-refractivity contribution in [1.29, 1.82) is 0 Å². The Morgan fingerprint density at radius 2 is 2.23 bits per heavy atom. The lowest BCUT2D eigenvalue weighted by atomic mass is 9.99. The number of nitrogens with zero attached hydrogens (tertiary/aromatic N) is 3. The molecule has 0 saturated carbocycles. The van der Waals surface area contributed by atoms with Gasteiger partial charge in [-0.1, -0.05) is 25.9 Å². The van der Waals surface area contributed by atoms with E-state index in [1.807, 2.05) is 43.9 Å². The van der Waals surface area contributed by atoms with Crippen LogP contribution in [0.15, 0.2) is 22.7 Å². The summed E-state index contributed by atoms with van der Waals surface area (Å²) in [6.07, 6.45) is 2.30. The molecule has 26 heavy (non-hydrogen) atoms. The average Bonchev–Trinajstić information content (AvgIpc) is 3.09. The number of hydrogen-bond donors (Lipinski definition) is 1. The second-order valence-corrected chi connectivity index (χ2v) is 7.58. The van der Waals surface area contributed by atoms with E-state index in [0.29, 0.717) is 18.4 Å². The van der Waals surface area contributed by atoms with Gasteiger partial charge >= 0.3 is 0 Å². The summed E-state index contributed by atoms with van der Waals surface area (Å²) < 4.78 is 5.25. The van der Waals surface area contributed by atoms with Gasteiger partial charge in [0.25, 0.3) is 5.91 Å². The van der Waals surface area contributed by atoms with Crippen LogP contribution in [0.25, 0.3) is 0 Å². The Hall–Kier alpha value is -2.37. The minimum atomic E-state index is 0.129. The van der Waals surface area contributed by atoms with Crippen molar-refractivity contribution in [1.82, 2.24) is 15.0 Å². The minimum Gasteiger partial charge on any atom is -0.376 e. The Bertz CT molecular complexity index is 769. The fourth-order valence-corrected chi connectivity index (χ4v) is 3.30. The van der Waals surface area contributed by atoms with E-state index in [9.17, 15) is 4.79 Å². The van der Waals surface area contributed by atoms with Gasteiger partial charge in [0, 0.05) is 30.3 Å². The zero-order valence-electron chi connectivity index (χ0n) is 16.1. The summed E-state index contributed by atoms with van der Waals surface area (Å²) in [5.74, 6) is 2.24. The summed E-state index contributed by atoms with van der Waals surface area (Å²) >= 11 is 0. The quantitative estimate of drug-likeness (QED) is 0.877. The molecule has 0 unspecified atom stereocenters. The Morgan fingerprint density at radius 1 is 1.42 bits per heavy atom. The van der Waals surface area contributed by atoms with Crippen molar-refractivity contribution in [3.8, 4) is 0 Å². The Labute approximate surface area is 155 Å². The van der Waals surface area contributed by atoms with Crippen LogP contribution in [-0.4, -0.2) is 34.0 Å². The Balaban J connectivity index is 1.64. The van der Waals surface area contributed by atoms with Crippen LogP contribution in [0.5, 0.6) is 0 Å². The second kappa shape index (κ2) is 7.89. The van der Waals surface area contributed by atoms with Crippen molar-refractivity contribution < 1.29 is 9.32 Å². The first-order chi connectivity index (χ1) is 12.4. The normalized spacial score (nSPS) is 17.6. The Kier molecular flexibility index (Phi) is 5.59. The maximum atomic E-state index is 12.7. The van der Waals surface area contributed by atoms with Gasteiger partial charge in [0.15, 0.2) is 5.82 Å². The lowest BCUT2D eigenvalue weighted by Gasteiger charge is -2.31. The van der Waals surface area contributed by atoms with E-state index in [1.165, 1.54) is 6.42 Å². The molecule has 3 rings (SSSR count). The topological polar surface area (TPSA) is 71.3 Å². The summed E-state index contributed by atoms with van der Waals surface area (Å²) in [7, 11) is 0. The predicted octanol–water partition coefficient (Wildman–Crippen LogP) is 3.99. The SMILES string of the molecule is Cc1cc(C(=O)N2CCC[C@@H](C)C2)ccc1NCc1nc(C(C)C)no1. The molecule has 1 saturated heterocycles. The zero-order chi connectivity index (χ0) is 18.7. The number of aryl methyl sites for hydroxylation is 1. The fraction of sp³-hybridized carbons (Fsp3) is 0.550. The third-order valence-corrected chi connectivity index (χ3v) is 4.85. The summed E-state index contributed by atoms with van der Waals surface area (Å²) in [5.41, 5.74) is 2.75. The van der Waals surface area contributed by atoms with Gasteiger partial charge in [0.2, 0.25) is 5.89 Å². The number of likely N-dealkylation sites (tertiary alicyclic amines) is 1. The van der Waals surface area contributed by atoms with Crippen molar-refractivity contribution in [2.24, 2.45) is 5.92 Å². The number of rotatable bonds is 5. The number of carbonyl (C=O) groups excluding carboxylic acids is 1. The summed E-state index contributed by atoms with van der Waals surface area (Å²) in [6, 6.07) is 5.80. The molecule has 1 N–H and O–H groups in total. The van der Waals surface area contributed by atoms with Crippen LogP contribution in [0.1, 0.15) is 67.2 Å². The molecule has 0 bridgehead atoms. The zero-order valence-corrected chi connectivity index (χ0v) is 16.1. The van der Waals surface area contributed by atoms with E-state index in [4.69, 9.17) is 4.52 Å². The highest BCUT2D eigenvalue weighted by atomic mass is 16.5. The molecule has 1 aliphatic rings. The van der Waals surface area contributed by atoms with Gasteiger partial charge in [-0.3, -0.25) is 4.79 Å². The van der Waals surface area contributed by atoms with E-state index < -0.39 is 0 Å². The van der Waals surface area contributed by atoms with E-state index in [0.717, 1.165) is 42.1 Å². The second-order valence-electron chi connectivity index (χ2n) is 7.58. The standard InChI is InChI=1S/C20H28N4O2/c1-13(2)19-22-18(26-23-19)11-21-17-8-7-16(10-15(17)4)20(25)24-9-5-6-14(3)12-24/h7-8,10,13-14,21H,5-6,9,11-12H2,1-4H3/t14-/m1/s1. The van der Waals surface area contributed by atoms with Crippen molar-refractivity contribution in [3.05, 3.63) is 41.0 Å². The highest BCUT2D eigenvalue weighted by Gasteiger charge is 2.22. The number of carbonyl (C=O) groups is 1. The van der Waals surface area contributed by atoms with Crippen LogP contribution in [-0.2, 0) is 6.54 Å². The van der Waals surface area contributed by atoms with Crippen LogP contribution >= 0.6 is 0 Å². The highest BCUT2D eigenvalue weighted by Crippen LogP contribution is 2.22. The van der Waals surface area contributed by atoms with Crippen LogP contribution in [0.2, 0.25) is 0 Å². The third-order valence-electron chi connectivity index (χ3n) is 4.85. The maximum Gasteiger partial charge on any atom is 0.253 e. The first-order valence-electron chi connectivity index (χ1n) is 9.40. The first-order valence-corrected chi connectivity index (χ1v) is 9.40. The number of amides is 1. The number of benzene rings is 1. The van der Waals surface area contributed by atoms with E-state index in [-0.39, 0.29) is 11.8 Å². The van der Waals surface area contributed by atoms with Gasteiger partial charge < -0.3 is 14.7 Å². The molecule has 1 aromatic heterocycles. The molecule has 1 aromatic carbocycles. The van der Waals surface area contributed by atoms with Crippen molar-refractivity contribution in [2.45, 2.75) is 53.0 Å². The van der Waals surface area contributed by atoms with E-state index in [2.05, 4.69) is 22.4 Å². The maximum absolute atomic E-state index is 12.7. The molecule has 6 nitrogen and oxygen atoms in total. The predicted molar refractivity (Wildman–Crippen MR) is 101 cm³/mol. The molecule has 2 heterocycles. The largest absolute Gasteiger partial charge is 0.376 e. The lowest BCUT2D eigenvalue weighted by molar-refractivity contribution is 0.0683. The van der Waals surface area contributed by atoms with E-state index >= 15 is 0 Å². The molecule has 0 aliphatic carbocycles. The van der Waals surface area contributed by atoms with Crippen LogP contribution < -0.4 is 5.32 Å². The Morgan fingerprint density at radius 3 is 2.88 bits per heavy atom. The number of aromatic nitrogens is 2. The van der Waals surface area contributed by atoms with Crippen LogP contribution in [0.3, 0.4) is 0 Å². The van der Waals surface area contributed by atoms with Crippen LogP contribution in [0.4, 0.5) is 5.69 Å². The van der Waals surface area contributed by atoms with Gasteiger partial charge in [0.05, 0.1) is 6.54 Å². The van der Waals surface area contributed by atoms with Gasteiger partial charge in [-0.25, -0.2) is 0 Å². The lowest BCUT2D eigenvalue weighted by Crippen LogP contribution is -2.39. The molecule has 6 heteroatoms. The minimum absolute atomic E-state index is 0.129. The first kappa shape index (κ1) is 18.4. The molecule has 1 amide bonds. The smallest absolute Gasteiger partial charge is 0.253 e. The van der Waals surface area contributed by atoms with Gasteiger partial charge in [0.1, 0.15) is 0 Å². The molecule has 2 aromatic rings. The molecule has 1 fully saturated rings.